The van der Waals surface area contributed by atoms with Gasteiger partial charge in [0.05, 0.1) is 5.60 Å². The third kappa shape index (κ3) is 3.48. The summed E-state index contributed by atoms with van der Waals surface area (Å²) in [6.45, 7) is 11.2. The van der Waals surface area contributed by atoms with Crippen molar-refractivity contribution in [3.05, 3.63) is 17.5 Å². The van der Waals surface area contributed by atoms with Crippen molar-refractivity contribution in [2.45, 2.75) is 58.6 Å². The maximum absolute atomic E-state index is 10.4. The molecule has 3 aromatic rings. The van der Waals surface area contributed by atoms with E-state index in [1.807, 2.05) is 6.92 Å². The van der Waals surface area contributed by atoms with E-state index in [1.165, 1.54) is 4.80 Å². The third-order valence-corrected chi connectivity index (χ3v) is 4.54. The van der Waals surface area contributed by atoms with Crippen LogP contribution in [0.4, 0.5) is 5.82 Å². The van der Waals surface area contributed by atoms with Crippen molar-refractivity contribution >= 4 is 17.0 Å². The second-order valence-electron chi connectivity index (χ2n) is 8.43. The van der Waals surface area contributed by atoms with Crippen molar-refractivity contribution in [2.75, 3.05) is 18.0 Å². The lowest BCUT2D eigenvalue weighted by Gasteiger charge is -2.22. The number of β-amino-alcohol motifs (C(OH)–C–C–N with tert-alkyl or cyclic N) is 1. The second-order valence-corrected chi connectivity index (χ2v) is 8.43. The normalized spacial score (nSPS) is 20.7. The van der Waals surface area contributed by atoms with Crippen LogP contribution >= 0.6 is 0 Å². The fourth-order valence-corrected chi connectivity index (χ4v) is 3.12. The lowest BCUT2D eigenvalue weighted by atomic mass is 9.96. The van der Waals surface area contributed by atoms with Crippen molar-refractivity contribution in [3.63, 3.8) is 0 Å². The molecule has 144 valence electrons. The number of aliphatic hydroxyl groups is 1. The Morgan fingerprint density at radius 3 is 2.56 bits per heavy atom. The SMILES string of the molecule is Cc1noc(Cn2nc3nc(C(C)(C)C)nc(N4CC[C@](C)(O)C4)c3n2)n1. The Morgan fingerprint density at radius 2 is 1.96 bits per heavy atom. The van der Waals surface area contributed by atoms with Crippen LogP contribution in [0.3, 0.4) is 0 Å². The van der Waals surface area contributed by atoms with Gasteiger partial charge in [-0.1, -0.05) is 25.9 Å². The van der Waals surface area contributed by atoms with Crippen LogP contribution in [-0.4, -0.2) is 58.9 Å². The number of hydrogen-bond acceptors (Lipinski definition) is 9. The lowest BCUT2D eigenvalue weighted by molar-refractivity contribution is 0.0839. The zero-order valence-corrected chi connectivity index (χ0v) is 16.3. The van der Waals surface area contributed by atoms with E-state index in [-0.39, 0.29) is 12.0 Å². The van der Waals surface area contributed by atoms with Gasteiger partial charge in [-0.25, -0.2) is 9.97 Å². The molecule has 3 aromatic heterocycles. The van der Waals surface area contributed by atoms with Gasteiger partial charge in [0.1, 0.15) is 12.4 Å². The quantitative estimate of drug-likeness (QED) is 0.723. The molecule has 0 bridgehead atoms. The van der Waals surface area contributed by atoms with Gasteiger partial charge in [0.25, 0.3) is 0 Å². The van der Waals surface area contributed by atoms with Gasteiger partial charge in [-0.2, -0.15) is 9.78 Å². The largest absolute Gasteiger partial charge is 0.388 e. The molecule has 1 saturated heterocycles. The molecule has 4 rings (SSSR count). The predicted molar refractivity (Wildman–Crippen MR) is 97.4 cm³/mol. The molecule has 1 aliphatic heterocycles. The molecule has 1 aliphatic rings. The highest BCUT2D eigenvalue weighted by atomic mass is 16.5. The van der Waals surface area contributed by atoms with Crippen molar-refractivity contribution in [2.24, 2.45) is 0 Å². The van der Waals surface area contributed by atoms with E-state index in [0.717, 1.165) is 0 Å². The van der Waals surface area contributed by atoms with Crippen LogP contribution < -0.4 is 4.90 Å². The molecule has 0 unspecified atom stereocenters. The highest BCUT2D eigenvalue weighted by molar-refractivity contribution is 5.82. The third-order valence-electron chi connectivity index (χ3n) is 4.54. The molecule has 27 heavy (non-hydrogen) atoms. The zero-order chi connectivity index (χ0) is 19.4. The van der Waals surface area contributed by atoms with Crippen molar-refractivity contribution < 1.29 is 9.63 Å². The highest BCUT2D eigenvalue weighted by Gasteiger charge is 2.34. The molecule has 4 heterocycles. The maximum atomic E-state index is 10.4. The molecule has 0 aromatic carbocycles. The molecule has 10 heteroatoms. The van der Waals surface area contributed by atoms with E-state index >= 15 is 0 Å². The minimum Gasteiger partial charge on any atom is -0.388 e. The fraction of sp³-hybridized carbons (Fsp3) is 0.647. The van der Waals surface area contributed by atoms with Crippen molar-refractivity contribution in [3.8, 4) is 0 Å². The molecular formula is C17H24N8O2. The van der Waals surface area contributed by atoms with Gasteiger partial charge in [0.2, 0.25) is 11.5 Å². The average molecular weight is 372 g/mol. The summed E-state index contributed by atoms with van der Waals surface area (Å²) in [5, 5.41) is 23.2. The first kappa shape index (κ1) is 17.8. The monoisotopic (exact) mass is 372 g/mol. The Balaban J connectivity index is 1.79. The molecule has 0 amide bonds. The van der Waals surface area contributed by atoms with Gasteiger partial charge >= 0.3 is 0 Å². The minimum atomic E-state index is -0.740. The van der Waals surface area contributed by atoms with Gasteiger partial charge in [-0.05, 0) is 20.3 Å². The summed E-state index contributed by atoms with van der Waals surface area (Å²) in [6, 6.07) is 0. The van der Waals surface area contributed by atoms with Crippen molar-refractivity contribution in [1.29, 1.82) is 0 Å². The number of hydrogen-bond donors (Lipinski definition) is 1. The van der Waals surface area contributed by atoms with Gasteiger partial charge in [0, 0.05) is 18.5 Å². The van der Waals surface area contributed by atoms with Crippen LogP contribution in [0.15, 0.2) is 4.52 Å². The first-order chi connectivity index (χ1) is 12.6. The van der Waals surface area contributed by atoms with Crippen LogP contribution in [0.1, 0.15) is 51.7 Å². The molecule has 1 atom stereocenters. The Kier molecular flexibility index (Phi) is 3.91. The van der Waals surface area contributed by atoms with Gasteiger partial charge in [0.15, 0.2) is 17.2 Å². The Bertz CT molecular complexity index is 985. The Hall–Kier alpha value is -2.62. The summed E-state index contributed by atoms with van der Waals surface area (Å²) in [6.07, 6.45) is 0.679. The number of anilines is 1. The summed E-state index contributed by atoms with van der Waals surface area (Å²) in [5.74, 6) is 2.40. The Labute approximate surface area is 156 Å². The van der Waals surface area contributed by atoms with Crippen LogP contribution in [-0.2, 0) is 12.0 Å². The maximum Gasteiger partial charge on any atom is 0.250 e. The van der Waals surface area contributed by atoms with Gasteiger partial charge < -0.3 is 14.5 Å². The van der Waals surface area contributed by atoms with Crippen LogP contribution in [0, 0.1) is 6.92 Å². The first-order valence-electron chi connectivity index (χ1n) is 9.01. The summed E-state index contributed by atoms with van der Waals surface area (Å²) < 4.78 is 5.16. The van der Waals surface area contributed by atoms with E-state index in [2.05, 4.69) is 51.0 Å². The molecule has 0 spiro atoms. The molecule has 10 nitrogen and oxygen atoms in total. The highest BCUT2D eigenvalue weighted by Crippen LogP contribution is 2.31. The van der Waals surface area contributed by atoms with Crippen LogP contribution in [0.5, 0.6) is 0 Å². The predicted octanol–water partition coefficient (Wildman–Crippen LogP) is 1.22. The lowest BCUT2D eigenvalue weighted by Crippen LogP contribution is -2.31. The summed E-state index contributed by atoms with van der Waals surface area (Å²) in [5.41, 5.74) is 0.152. The van der Waals surface area contributed by atoms with Crippen molar-refractivity contribution in [1.82, 2.24) is 35.1 Å². The number of nitrogens with zero attached hydrogens (tertiary/aromatic N) is 8. The standard InChI is InChI=1S/C17H24N8O2/c1-10-18-11(27-23-10)8-25-21-12-13(22-25)19-15(16(2,3)4)20-14(12)24-7-6-17(5,26)9-24/h26H,6-9H2,1-5H3/t17-/m0/s1. The van der Waals surface area contributed by atoms with Crippen LogP contribution in [0.25, 0.3) is 11.2 Å². The van der Waals surface area contributed by atoms with E-state index < -0.39 is 5.60 Å². The van der Waals surface area contributed by atoms with E-state index in [0.29, 0.717) is 54.0 Å². The van der Waals surface area contributed by atoms with E-state index in [4.69, 9.17) is 9.51 Å². The topological polar surface area (TPSA) is 119 Å². The Morgan fingerprint density at radius 1 is 1.19 bits per heavy atom. The smallest absolute Gasteiger partial charge is 0.250 e. The summed E-state index contributed by atoms with van der Waals surface area (Å²) in [7, 11) is 0. The van der Waals surface area contributed by atoms with Gasteiger partial charge in [-0.3, -0.25) is 0 Å². The number of aromatic nitrogens is 7. The van der Waals surface area contributed by atoms with Gasteiger partial charge in [-0.15, -0.1) is 10.2 Å². The van der Waals surface area contributed by atoms with Crippen LogP contribution in [0.2, 0.25) is 0 Å². The molecule has 0 aliphatic carbocycles. The summed E-state index contributed by atoms with van der Waals surface area (Å²) in [4.78, 5) is 17.1. The second kappa shape index (κ2) is 5.95. The number of rotatable bonds is 3. The average Bonchev–Trinajstić information content (AvgIpc) is 3.24. The molecule has 0 saturated carbocycles. The first-order valence-corrected chi connectivity index (χ1v) is 9.01. The summed E-state index contributed by atoms with van der Waals surface area (Å²) >= 11 is 0. The molecule has 0 radical (unpaired) electrons. The molecule has 1 fully saturated rings. The molecular weight excluding hydrogens is 348 g/mol. The fourth-order valence-electron chi connectivity index (χ4n) is 3.12. The van der Waals surface area contributed by atoms with E-state index in [1.54, 1.807) is 6.92 Å². The van der Waals surface area contributed by atoms with E-state index in [9.17, 15) is 5.11 Å². The zero-order valence-electron chi connectivity index (χ0n) is 16.3. The number of aryl methyl sites for hydroxylation is 1. The minimum absolute atomic E-state index is 0.238. The molecule has 1 N–H and O–H groups in total. The number of fused-ring (bicyclic) bond motifs is 1.